The van der Waals surface area contributed by atoms with Gasteiger partial charge in [-0.25, -0.2) is 0 Å². The molecule has 3 saturated heterocycles. The number of halogens is 1. The number of benzene rings is 1. The van der Waals surface area contributed by atoms with Crippen LogP contribution in [-0.2, 0) is 0 Å². The number of methoxy groups -OCH3 is 1. The van der Waals surface area contributed by atoms with Gasteiger partial charge in [0.15, 0.2) is 5.96 Å². The maximum absolute atomic E-state index is 5.33. The van der Waals surface area contributed by atoms with Gasteiger partial charge in [-0.05, 0) is 90.0 Å². The molecule has 1 unspecified atom stereocenters. The number of hydrogen-bond acceptors (Lipinski definition) is 4. The molecule has 0 radical (unpaired) electrons. The van der Waals surface area contributed by atoms with Gasteiger partial charge in [0.1, 0.15) is 5.75 Å². The van der Waals surface area contributed by atoms with Crippen LogP contribution in [0.5, 0.6) is 5.75 Å². The fraction of sp³-hybridized carbons (Fsp3) is 0.731. The van der Waals surface area contributed by atoms with E-state index in [1.54, 1.807) is 7.11 Å². The average molecular weight is 570 g/mol. The zero-order valence-corrected chi connectivity index (χ0v) is 23.2. The molecule has 0 bridgehead atoms. The summed E-state index contributed by atoms with van der Waals surface area (Å²) in [5, 5.41) is 3.61. The lowest BCUT2D eigenvalue weighted by atomic mass is 9.84. The van der Waals surface area contributed by atoms with E-state index in [0.29, 0.717) is 5.92 Å². The van der Waals surface area contributed by atoms with E-state index in [1.807, 2.05) is 0 Å². The summed E-state index contributed by atoms with van der Waals surface area (Å²) in [5.74, 6) is 2.60. The minimum Gasteiger partial charge on any atom is -0.497 e. The number of aliphatic imine (C=N–C) groups is 1. The summed E-state index contributed by atoms with van der Waals surface area (Å²) in [6.07, 6.45) is 7.73. The Bertz CT molecular complexity index is 742. The highest BCUT2D eigenvalue weighted by molar-refractivity contribution is 14.0. The maximum atomic E-state index is 5.33. The molecule has 1 aromatic rings. The molecule has 1 aromatic carbocycles. The third-order valence-electron chi connectivity index (χ3n) is 7.88. The van der Waals surface area contributed by atoms with Gasteiger partial charge in [-0.3, -0.25) is 9.89 Å². The van der Waals surface area contributed by atoms with Crippen LogP contribution < -0.4 is 10.1 Å². The number of nitrogens with one attached hydrogen (secondary N) is 1. The van der Waals surface area contributed by atoms with Crippen LogP contribution in [0.1, 0.15) is 56.9 Å². The van der Waals surface area contributed by atoms with Crippen LogP contribution >= 0.6 is 24.0 Å². The quantitative estimate of drug-likeness (QED) is 0.319. The molecule has 1 atom stereocenters. The van der Waals surface area contributed by atoms with Crippen molar-refractivity contribution in [3.8, 4) is 5.75 Å². The van der Waals surface area contributed by atoms with Crippen molar-refractivity contribution in [3.63, 3.8) is 0 Å². The second-order valence-corrected chi connectivity index (χ2v) is 9.95. The van der Waals surface area contributed by atoms with Crippen LogP contribution in [0.3, 0.4) is 0 Å². The van der Waals surface area contributed by atoms with E-state index >= 15 is 0 Å². The minimum atomic E-state index is 0. The van der Waals surface area contributed by atoms with E-state index in [0.717, 1.165) is 37.9 Å². The summed E-state index contributed by atoms with van der Waals surface area (Å²) in [5.41, 5.74) is 1.65. The smallest absolute Gasteiger partial charge is 0.194 e. The predicted molar refractivity (Wildman–Crippen MR) is 148 cm³/mol. The summed E-state index contributed by atoms with van der Waals surface area (Å²) < 4.78 is 5.33. The van der Waals surface area contributed by atoms with Crippen molar-refractivity contribution in [1.82, 2.24) is 20.0 Å². The van der Waals surface area contributed by atoms with Crippen molar-refractivity contribution in [2.24, 2.45) is 4.99 Å². The zero-order valence-electron chi connectivity index (χ0n) is 20.9. The SMILES string of the molecule is CCNC(=NCC1(N2CCCCC2)CCN(C)CC1)N1CCC(c2ccc(OC)cc2)C1.I. The van der Waals surface area contributed by atoms with E-state index in [2.05, 4.69) is 58.3 Å². The number of hydrogen-bond donors (Lipinski definition) is 1. The average Bonchev–Trinajstić information content (AvgIpc) is 3.34. The molecule has 0 saturated carbocycles. The topological polar surface area (TPSA) is 43.3 Å². The molecule has 0 aromatic heterocycles. The van der Waals surface area contributed by atoms with Gasteiger partial charge in [0.05, 0.1) is 13.7 Å². The van der Waals surface area contributed by atoms with E-state index in [-0.39, 0.29) is 29.5 Å². The fourth-order valence-electron chi connectivity index (χ4n) is 5.73. The third-order valence-corrected chi connectivity index (χ3v) is 7.88. The predicted octanol–water partition coefficient (Wildman–Crippen LogP) is 4.02. The van der Waals surface area contributed by atoms with Gasteiger partial charge in [-0.1, -0.05) is 18.6 Å². The Kier molecular flexibility index (Phi) is 10.1. The van der Waals surface area contributed by atoms with Crippen molar-refractivity contribution in [2.75, 3.05) is 66.5 Å². The highest BCUT2D eigenvalue weighted by Gasteiger charge is 2.40. The Morgan fingerprint density at radius 1 is 1.06 bits per heavy atom. The molecule has 1 N–H and O–H groups in total. The molecule has 3 fully saturated rings. The van der Waals surface area contributed by atoms with Gasteiger partial charge in [-0.15, -0.1) is 24.0 Å². The summed E-state index contributed by atoms with van der Waals surface area (Å²) in [7, 11) is 3.99. The summed E-state index contributed by atoms with van der Waals surface area (Å²) >= 11 is 0. The standard InChI is InChI=1S/C26H43N5O.HI/c1-4-27-25(30-17-12-23(20-30)22-8-10-24(32-3)11-9-22)28-21-26(13-18-29(2)19-14-26)31-15-6-5-7-16-31;/h8-11,23H,4-7,12-21H2,1-3H3,(H,27,28);1H. The third kappa shape index (κ3) is 6.54. The van der Waals surface area contributed by atoms with Gasteiger partial charge in [-0.2, -0.15) is 0 Å². The van der Waals surface area contributed by atoms with E-state index in [9.17, 15) is 0 Å². The van der Waals surface area contributed by atoms with Crippen LogP contribution in [0.15, 0.2) is 29.3 Å². The Morgan fingerprint density at radius 3 is 2.39 bits per heavy atom. The molecule has 3 heterocycles. The van der Waals surface area contributed by atoms with Crippen molar-refractivity contribution < 1.29 is 4.74 Å². The van der Waals surface area contributed by atoms with Crippen LogP contribution in [0.4, 0.5) is 0 Å². The summed E-state index contributed by atoms with van der Waals surface area (Å²) in [6.45, 7) is 11.0. The normalized spacial score (nSPS) is 24.4. The Morgan fingerprint density at radius 2 is 1.76 bits per heavy atom. The minimum absolute atomic E-state index is 0. The van der Waals surface area contributed by atoms with Gasteiger partial charge < -0.3 is 19.9 Å². The highest BCUT2D eigenvalue weighted by Crippen LogP contribution is 2.32. The number of likely N-dealkylation sites (tertiary alicyclic amines) is 3. The number of ether oxygens (including phenoxy) is 1. The lowest BCUT2D eigenvalue weighted by Crippen LogP contribution is -2.58. The molecule has 3 aliphatic heterocycles. The van der Waals surface area contributed by atoms with Crippen LogP contribution in [0, 0.1) is 0 Å². The molecular formula is C26H44IN5O. The van der Waals surface area contributed by atoms with E-state index < -0.39 is 0 Å². The van der Waals surface area contributed by atoms with Gasteiger partial charge >= 0.3 is 0 Å². The van der Waals surface area contributed by atoms with Crippen molar-refractivity contribution in [3.05, 3.63) is 29.8 Å². The first-order valence-corrected chi connectivity index (χ1v) is 12.7. The monoisotopic (exact) mass is 569 g/mol. The molecule has 3 aliphatic rings. The molecule has 6 nitrogen and oxygen atoms in total. The van der Waals surface area contributed by atoms with Crippen LogP contribution in [0.2, 0.25) is 0 Å². The molecule has 0 aliphatic carbocycles. The van der Waals surface area contributed by atoms with Crippen LogP contribution in [0.25, 0.3) is 0 Å². The molecule has 186 valence electrons. The molecule has 0 amide bonds. The first-order chi connectivity index (χ1) is 15.6. The summed E-state index contributed by atoms with van der Waals surface area (Å²) in [4.78, 5) is 13.1. The van der Waals surface area contributed by atoms with Crippen molar-refractivity contribution >= 4 is 29.9 Å². The lowest BCUT2D eigenvalue weighted by Gasteiger charge is -2.49. The van der Waals surface area contributed by atoms with Crippen molar-refractivity contribution in [2.45, 2.75) is 56.9 Å². The highest BCUT2D eigenvalue weighted by atomic mass is 127. The Balaban J connectivity index is 0.00000306. The molecule has 33 heavy (non-hydrogen) atoms. The first kappa shape index (κ1) is 26.5. The molecule has 0 spiro atoms. The van der Waals surface area contributed by atoms with Crippen molar-refractivity contribution in [1.29, 1.82) is 0 Å². The zero-order chi connectivity index (χ0) is 22.4. The van der Waals surface area contributed by atoms with Gasteiger partial charge in [0.25, 0.3) is 0 Å². The second-order valence-electron chi connectivity index (χ2n) is 9.95. The number of nitrogens with zero attached hydrogens (tertiary/aromatic N) is 4. The summed E-state index contributed by atoms with van der Waals surface area (Å²) in [6, 6.07) is 8.61. The maximum Gasteiger partial charge on any atom is 0.194 e. The first-order valence-electron chi connectivity index (χ1n) is 12.7. The number of piperidine rings is 2. The molecule has 4 rings (SSSR count). The fourth-order valence-corrected chi connectivity index (χ4v) is 5.73. The van der Waals surface area contributed by atoms with E-state index in [1.165, 1.54) is 70.3 Å². The molecular weight excluding hydrogens is 525 g/mol. The van der Waals surface area contributed by atoms with Gasteiger partial charge in [0.2, 0.25) is 0 Å². The Labute approximate surface area is 218 Å². The molecule has 7 heteroatoms. The van der Waals surface area contributed by atoms with Gasteiger partial charge in [0, 0.05) is 31.1 Å². The van der Waals surface area contributed by atoms with E-state index in [4.69, 9.17) is 9.73 Å². The largest absolute Gasteiger partial charge is 0.497 e. The lowest BCUT2D eigenvalue weighted by molar-refractivity contribution is 0.0207. The van der Waals surface area contributed by atoms with Crippen LogP contribution in [-0.4, -0.2) is 92.7 Å². The number of guanidine groups is 1. The Hall–Kier alpha value is -1.06. The number of rotatable bonds is 6. The second kappa shape index (κ2) is 12.6.